The van der Waals surface area contributed by atoms with Crippen LogP contribution >= 0.6 is 0 Å². The van der Waals surface area contributed by atoms with Gasteiger partial charge < -0.3 is 9.47 Å². The van der Waals surface area contributed by atoms with E-state index in [9.17, 15) is 9.59 Å². The summed E-state index contributed by atoms with van der Waals surface area (Å²) in [6.45, 7) is 5.63. The summed E-state index contributed by atoms with van der Waals surface area (Å²) in [5.41, 5.74) is 1.49. The van der Waals surface area contributed by atoms with Crippen molar-refractivity contribution in [2.24, 2.45) is 17.3 Å². The number of rotatable bonds is 3. The largest absolute Gasteiger partial charge is 0.469 e. The van der Waals surface area contributed by atoms with Crippen LogP contribution in [0.5, 0.6) is 0 Å². The molecule has 0 heterocycles. The van der Waals surface area contributed by atoms with Crippen LogP contribution in [-0.2, 0) is 19.1 Å². The Kier molecular flexibility index (Phi) is 4.48. The van der Waals surface area contributed by atoms with Gasteiger partial charge in [0.2, 0.25) is 0 Å². The highest BCUT2D eigenvalue weighted by Crippen LogP contribution is 2.66. The molecule has 0 N–H and O–H groups in total. The second-order valence-electron chi connectivity index (χ2n) is 8.09. The smallest absolute Gasteiger partial charge is 0.309 e. The number of allylic oxidation sites excluding steroid dienone is 2. The lowest BCUT2D eigenvalue weighted by Crippen LogP contribution is -2.32. The highest BCUT2D eigenvalue weighted by Gasteiger charge is 2.63. The van der Waals surface area contributed by atoms with Crippen LogP contribution in [0.1, 0.15) is 45.6 Å². The normalized spacial score (nSPS) is 28.2. The number of methoxy groups -OCH3 is 1. The van der Waals surface area contributed by atoms with Gasteiger partial charge in [-0.05, 0) is 51.2 Å². The van der Waals surface area contributed by atoms with Gasteiger partial charge in [-0.3, -0.25) is 9.59 Å². The number of ether oxygens (including phenoxy) is 2. The summed E-state index contributed by atoms with van der Waals surface area (Å²) >= 11 is 0. The fourth-order valence-corrected chi connectivity index (χ4v) is 3.96. The minimum Gasteiger partial charge on any atom is -0.469 e. The lowest BCUT2D eigenvalue weighted by molar-refractivity contribution is -0.161. The molecule has 4 heteroatoms. The van der Waals surface area contributed by atoms with Gasteiger partial charge in [0.1, 0.15) is 5.60 Å². The molecule has 3 rings (SSSR count). The number of hydrogen-bond acceptors (Lipinski definition) is 4. The van der Waals surface area contributed by atoms with Gasteiger partial charge in [-0.2, -0.15) is 0 Å². The van der Waals surface area contributed by atoms with Crippen molar-refractivity contribution in [2.45, 2.75) is 45.6 Å². The summed E-state index contributed by atoms with van der Waals surface area (Å²) in [5.74, 6) is -0.743. The van der Waals surface area contributed by atoms with Crippen molar-refractivity contribution in [3.8, 4) is 0 Å². The van der Waals surface area contributed by atoms with Crippen LogP contribution in [-0.4, -0.2) is 24.6 Å². The molecule has 0 aromatic heterocycles. The highest BCUT2D eigenvalue weighted by molar-refractivity contribution is 5.87. The number of carbonyl (C=O) groups is 2. The van der Waals surface area contributed by atoms with Crippen molar-refractivity contribution in [1.29, 1.82) is 0 Å². The molecule has 0 unspecified atom stereocenters. The molecule has 1 aromatic rings. The number of hydrogen-bond donors (Lipinski definition) is 0. The zero-order valence-corrected chi connectivity index (χ0v) is 15.4. The number of benzene rings is 1. The van der Waals surface area contributed by atoms with Crippen molar-refractivity contribution in [3.63, 3.8) is 0 Å². The van der Waals surface area contributed by atoms with E-state index in [1.54, 1.807) is 0 Å². The molecule has 1 saturated carbocycles. The van der Waals surface area contributed by atoms with Crippen LogP contribution in [0, 0.1) is 17.3 Å². The predicted molar refractivity (Wildman–Crippen MR) is 95.5 cm³/mol. The molecule has 134 valence electrons. The van der Waals surface area contributed by atoms with Gasteiger partial charge in [0.25, 0.3) is 0 Å². The van der Waals surface area contributed by atoms with Crippen molar-refractivity contribution in [3.05, 3.63) is 42.0 Å². The zero-order chi connectivity index (χ0) is 18.2. The number of esters is 2. The van der Waals surface area contributed by atoms with E-state index in [1.165, 1.54) is 12.7 Å². The average Bonchev–Trinajstić information content (AvgIpc) is 3.27. The Morgan fingerprint density at radius 3 is 2.36 bits per heavy atom. The third-order valence-corrected chi connectivity index (χ3v) is 5.14. The van der Waals surface area contributed by atoms with Gasteiger partial charge in [-0.15, -0.1) is 0 Å². The molecule has 0 saturated heterocycles. The van der Waals surface area contributed by atoms with Crippen LogP contribution in [0.15, 0.2) is 36.4 Å². The van der Waals surface area contributed by atoms with Gasteiger partial charge in [0.05, 0.1) is 18.9 Å². The van der Waals surface area contributed by atoms with Crippen molar-refractivity contribution < 1.29 is 19.1 Å². The molecular weight excluding hydrogens is 316 g/mol. The van der Waals surface area contributed by atoms with E-state index >= 15 is 0 Å². The van der Waals surface area contributed by atoms with E-state index in [1.807, 2.05) is 39.0 Å². The van der Waals surface area contributed by atoms with E-state index in [2.05, 4.69) is 18.2 Å². The molecule has 0 amide bonds. The quantitative estimate of drug-likeness (QED) is 0.779. The fraction of sp³-hybridized carbons (Fsp3) is 0.524. The van der Waals surface area contributed by atoms with E-state index < -0.39 is 5.60 Å². The molecule has 3 atom stereocenters. The third kappa shape index (κ3) is 3.48. The first kappa shape index (κ1) is 17.7. The molecule has 25 heavy (non-hydrogen) atoms. The summed E-state index contributed by atoms with van der Waals surface area (Å²) in [7, 11) is 1.43. The van der Waals surface area contributed by atoms with Crippen molar-refractivity contribution in [1.82, 2.24) is 0 Å². The summed E-state index contributed by atoms with van der Waals surface area (Å²) in [5, 5.41) is 0. The summed E-state index contributed by atoms with van der Waals surface area (Å²) < 4.78 is 10.6. The minimum absolute atomic E-state index is 0.172. The van der Waals surface area contributed by atoms with E-state index in [4.69, 9.17) is 9.47 Å². The first-order valence-corrected chi connectivity index (χ1v) is 8.83. The van der Waals surface area contributed by atoms with E-state index in [-0.39, 0.29) is 29.2 Å². The maximum atomic E-state index is 12.6. The second kappa shape index (κ2) is 6.32. The van der Waals surface area contributed by atoms with Gasteiger partial charge in [-0.25, -0.2) is 0 Å². The van der Waals surface area contributed by atoms with Crippen LogP contribution < -0.4 is 0 Å². The molecule has 0 radical (unpaired) electrons. The third-order valence-electron chi connectivity index (χ3n) is 5.14. The summed E-state index contributed by atoms with van der Waals surface area (Å²) in [6, 6.07) is 10.1. The average molecular weight is 342 g/mol. The Bertz CT molecular complexity index is 698. The van der Waals surface area contributed by atoms with Crippen LogP contribution in [0.2, 0.25) is 0 Å². The molecule has 2 aliphatic carbocycles. The lowest BCUT2D eigenvalue weighted by Gasteiger charge is -2.32. The fourth-order valence-electron chi connectivity index (χ4n) is 3.96. The minimum atomic E-state index is -0.501. The first-order chi connectivity index (χ1) is 11.8. The molecule has 2 aliphatic rings. The molecule has 0 aliphatic heterocycles. The van der Waals surface area contributed by atoms with Gasteiger partial charge in [0.15, 0.2) is 0 Å². The molecule has 1 fully saturated rings. The van der Waals surface area contributed by atoms with Gasteiger partial charge in [-0.1, -0.05) is 36.4 Å². The standard InChI is InChI=1S/C21H26O4/c1-20(2,3)25-18(22)15-10-11-16(14-8-6-5-7-9-14)21(12-15)13-17(21)19(23)24-4/h5-9,11,15,17H,10,12-13H2,1-4H3/t15-,17-,21-/m1/s1. The maximum Gasteiger partial charge on any atom is 0.309 e. The Labute approximate surface area is 149 Å². The molecule has 1 aromatic carbocycles. The predicted octanol–water partition coefficient (Wildman–Crippen LogP) is 4.00. The van der Waals surface area contributed by atoms with E-state index in [0.29, 0.717) is 12.8 Å². The Hall–Kier alpha value is -2.10. The van der Waals surface area contributed by atoms with Crippen LogP contribution in [0.4, 0.5) is 0 Å². The first-order valence-electron chi connectivity index (χ1n) is 8.83. The Balaban J connectivity index is 1.89. The molecule has 0 bridgehead atoms. The molecule has 4 nitrogen and oxygen atoms in total. The second-order valence-corrected chi connectivity index (χ2v) is 8.09. The topological polar surface area (TPSA) is 52.6 Å². The van der Waals surface area contributed by atoms with Gasteiger partial charge in [0, 0.05) is 5.41 Å². The summed E-state index contributed by atoms with van der Waals surface area (Å²) in [4.78, 5) is 24.7. The van der Waals surface area contributed by atoms with Crippen molar-refractivity contribution in [2.75, 3.05) is 7.11 Å². The zero-order valence-electron chi connectivity index (χ0n) is 15.4. The SMILES string of the molecule is COC(=O)[C@H]1C[C@@]12C[C@H](C(=O)OC(C)(C)C)CC=C2c1ccccc1. The maximum absolute atomic E-state index is 12.6. The highest BCUT2D eigenvalue weighted by atomic mass is 16.6. The van der Waals surface area contributed by atoms with Gasteiger partial charge >= 0.3 is 11.9 Å². The monoisotopic (exact) mass is 342 g/mol. The Morgan fingerprint density at radius 2 is 1.76 bits per heavy atom. The lowest BCUT2D eigenvalue weighted by atomic mass is 9.74. The van der Waals surface area contributed by atoms with Crippen LogP contribution in [0.3, 0.4) is 0 Å². The molecule has 1 spiro atoms. The Morgan fingerprint density at radius 1 is 1.08 bits per heavy atom. The summed E-state index contributed by atoms with van der Waals surface area (Å²) in [6.07, 6.45) is 4.15. The van der Waals surface area contributed by atoms with E-state index in [0.717, 1.165) is 12.0 Å². The van der Waals surface area contributed by atoms with Crippen molar-refractivity contribution >= 4 is 17.5 Å². The molecular formula is C21H26O4. The number of carbonyl (C=O) groups excluding carboxylic acids is 2. The van der Waals surface area contributed by atoms with Crippen LogP contribution in [0.25, 0.3) is 5.57 Å².